The molecule has 0 saturated carbocycles. The van der Waals surface area contributed by atoms with Crippen molar-refractivity contribution in [1.29, 1.82) is 0 Å². The molecule has 0 rings (SSSR count). The Hall–Kier alpha value is -1.67. The van der Waals surface area contributed by atoms with Gasteiger partial charge in [0.25, 0.3) is 0 Å². The highest BCUT2D eigenvalue weighted by Gasteiger charge is 2.23. The number of hydrogen-bond acceptors (Lipinski definition) is 5. The van der Waals surface area contributed by atoms with Gasteiger partial charge in [-0.05, 0) is 6.42 Å². The number of nitrogens with one attached hydrogen (secondary N) is 1. The van der Waals surface area contributed by atoms with E-state index in [1.807, 2.05) is 0 Å². The summed E-state index contributed by atoms with van der Waals surface area (Å²) in [7, 11) is 1.35. The zero-order chi connectivity index (χ0) is 13.4. The van der Waals surface area contributed by atoms with E-state index in [2.05, 4.69) is 10.1 Å². The minimum Gasteiger partial charge on any atom is -0.481 e. The van der Waals surface area contributed by atoms with Crippen LogP contribution in [0.25, 0.3) is 0 Å². The molecule has 0 aromatic carbocycles. The molecule has 0 unspecified atom stereocenters. The van der Waals surface area contributed by atoms with Crippen LogP contribution in [0.3, 0.4) is 0 Å². The number of carbonyl (C=O) groups excluding carboxylic acids is 1. The lowest BCUT2D eigenvalue weighted by molar-refractivity contribution is -0.143. The van der Waals surface area contributed by atoms with E-state index in [-0.39, 0.29) is 19.4 Å². The molecule has 0 aromatic rings. The molecule has 0 fully saturated rings. The van der Waals surface area contributed by atoms with E-state index in [1.54, 1.807) is 0 Å². The first-order valence-corrected chi connectivity index (χ1v) is 4.88. The molecule has 8 heteroatoms. The third-order valence-electron chi connectivity index (χ3n) is 1.94. The van der Waals surface area contributed by atoms with Gasteiger partial charge in [0.05, 0.1) is 6.61 Å². The van der Waals surface area contributed by atoms with Crippen LogP contribution < -0.4 is 11.1 Å². The van der Waals surface area contributed by atoms with Crippen molar-refractivity contribution in [3.05, 3.63) is 0 Å². The van der Waals surface area contributed by atoms with Gasteiger partial charge in [-0.25, -0.2) is 4.79 Å². The Morgan fingerprint density at radius 1 is 1.35 bits per heavy atom. The number of carbonyl (C=O) groups is 3. The van der Waals surface area contributed by atoms with Gasteiger partial charge in [-0.2, -0.15) is 0 Å². The molecule has 98 valence electrons. The average molecular weight is 248 g/mol. The summed E-state index contributed by atoms with van der Waals surface area (Å²) in [5.74, 6) is -3.12. The van der Waals surface area contributed by atoms with Crippen molar-refractivity contribution in [3.63, 3.8) is 0 Å². The second kappa shape index (κ2) is 7.58. The Balaban J connectivity index is 4.29. The fourth-order valence-electron chi connectivity index (χ4n) is 1.06. The number of methoxy groups -OCH3 is 1. The number of ether oxygens (including phenoxy) is 1. The normalized spacial score (nSPS) is 13.8. The third-order valence-corrected chi connectivity index (χ3v) is 1.94. The first-order valence-electron chi connectivity index (χ1n) is 4.88. The Labute approximate surface area is 97.7 Å². The van der Waals surface area contributed by atoms with Gasteiger partial charge in [-0.3, -0.25) is 9.59 Å². The maximum Gasteiger partial charge on any atom is 0.326 e. The molecule has 0 aromatic heterocycles. The average Bonchev–Trinajstić information content (AvgIpc) is 2.23. The Morgan fingerprint density at radius 3 is 2.35 bits per heavy atom. The summed E-state index contributed by atoms with van der Waals surface area (Å²) in [5.41, 5.74) is 5.39. The van der Waals surface area contributed by atoms with Crippen LogP contribution in [0.15, 0.2) is 0 Å². The molecule has 0 heterocycles. The van der Waals surface area contributed by atoms with Crippen molar-refractivity contribution in [2.45, 2.75) is 24.9 Å². The van der Waals surface area contributed by atoms with Crippen molar-refractivity contribution < 1.29 is 29.3 Å². The van der Waals surface area contributed by atoms with Crippen molar-refractivity contribution >= 4 is 17.8 Å². The van der Waals surface area contributed by atoms with Gasteiger partial charge in [0.2, 0.25) is 5.91 Å². The highest BCUT2D eigenvalue weighted by atomic mass is 16.5. The molecule has 2 atom stereocenters. The molecular formula is C9H16N2O6. The van der Waals surface area contributed by atoms with Crippen molar-refractivity contribution in [2.75, 3.05) is 13.7 Å². The van der Waals surface area contributed by atoms with E-state index < -0.39 is 29.9 Å². The van der Waals surface area contributed by atoms with Crippen LogP contribution in [0, 0.1) is 0 Å². The van der Waals surface area contributed by atoms with E-state index in [0.29, 0.717) is 0 Å². The molecule has 0 aliphatic rings. The summed E-state index contributed by atoms with van der Waals surface area (Å²) in [4.78, 5) is 32.4. The van der Waals surface area contributed by atoms with Gasteiger partial charge in [0.15, 0.2) is 0 Å². The summed E-state index contributed by atoms with van der Waals surface area (Å²) < 4.78 is 4.64. The van der Waals surface area contributed by atoms with Crippen LogP contribution in [-0.2, 0) is 19.1 Å². The van der Waals surface area contributed by atoms with E-state index >= 15 is 0 Å². The fourth-order valence-corrected chi connectivity index (χ4v) is 1.06. The molecule has 8 nitrogen and oxygen atoms in total. The highest BCUT2D eigenvalue weighted by Crippen LogP contribution is 1.98. The SMILES string of the molecule is COC[C@@H](N)C(=O)N[C@@H](CCC(=O)O)C(=O)O. The summed E-state index contributed by atoms with van der Waals surface area (Å²) in [6, 6.07) is -2.24. The molecule has 0 aliphatic heterocycles. The number of carboxylic acid groups (broad SMARTS) is 2. The van der Waals surface area contributed by atoms with Crippen LogP contribution in [0.5, 0.6) is 0 Å². The molecule has 17 heavy (non-hydrogen) atoms. The zero-order valence-electron chi connectivity index (χ0n) is 9.38. The van der Waals surface area contributed by atoms with Gasteiger partial charge >= 0.3 is 11.9 Å². The smallest absolute Gasteiger partial charge is 0.326 e. The second-order valence-corrected chi connectivity index (χ2v) is 3.39. The first kappa shape index (κ1) is 15.3. The van der Waals surface area contributed by atoms with E-state index in [1.165, 1.54) is 7.11 Å². The lowest BCUT2D eigenvalue weighted by Crippen LogP contribution is -2.50. The summed E-state index contributed by atoms with van der Waals surface area (Å²) in [6.45, 7) is -0.0445. The summed E-state index contributed by atoms with van der Waals surface area (Å²) in [6.07, 6.45) is -0.549. The van der Waals surface area contributed by atoms with Gasteiger partial charge < -0.3 is 26.0 Å². The van der Waals surface area contributed by atoms with E-state index in [4.69, 9.17) is 15.9 Å². The minimum absolute atomic E-state index is 0.0445. The van der Waals surface area contributed by atoms with Crippen LogP contribution in [0.1, 0.15) is 12.8 Å². The number of aliphatic carboxylic acids is 2. The van der Waals surface area contributed by atoms with Gasteiger partial charge in [-0.1, -0.05) is 0 Å². The quantitative estimate of drug-likeness (QED) is 0.405. The predicted octanol–water partition coefficient (Wildman–Crippen LogP) is -1.61. The number of rotatable bonds is 8. The maximum atomic E-state index is 11.4. The van der Waals surface area contributed by atoms with Crippen LogP contribution in [-0.4, -0.2) is 53.9 Å². The number of carboxylic acids is 2. The molecule has 0 radical (unpaired) electrons. The van der Waals surface area contributed by atoms with Crippen LogP contribution >= 0.6 is 0 Å². The highest BCUT2D eigenvalue weighted by molar-refractivity contribution is 5.87. The topological polar surface area (TPSA) is 139 Å². The maximum absolute atomic E-state index is 11.4. The summed E-state index contributed by atoms with van der Waals surface area (Å²) in [5, 5.41) is 19.3. The van der Waals surface area contributed by atoms with Gasteiger partial charge in [0, 0.05) is 13.5 Å². The van der Waals surface area contributed by atoms with E-state index in [9.17, 15) is 14.4 Å². The van der Waals surface area contributed by atoms with Crippen molar-refractivity contribution in [3.8, 4) is 0 Å². The molecule has 5 N–H and O–H groups in total. The Bertz CT molecular complexity index is 293. The van der Waals surface area contributed by atoms with Gasteiger partial charge in [0.1, 0.15) is 12.1 Å². The molecule has 0 saturated heterocycles. The monoisotopic (exact) mass is 248 g/mol. The Morgan fingerprint density at radius 2 is 1.94 bits per heavy atom. The van der Waals surface area contributed by atoms with E-state index in [0.717, 1.165) is 0 Å². The molecule has 0 bridgehead atoms. The first-order chi connectivity index (χ1) is 7.88. The minimum atomic E-state index is -1.30. The second-order valence-electron chi connectivity index (χ2n) is 3.39. The van der Waals surface area contributed by atoms with Crippen molar-refractivity contribution in [2.24, 2.45) is 5.73 Å². The summed E-state index contributed by atoms with van der Waals surface area (Å²) >= 11 is 0. The van der Waals surface area contributed by atoms with Gasteiger partial charge in [-0.15, -0.1) is 0 Å². The largest absolute Gasteiger partial charge is 0.481 e. The zero-order valence-corrected chi connectivity index (χ0v) is 9.38. The number of amides is 1. The lowest BCUT2D eigenvalue weighted by atomic mass is 10.1. The lowest BCUT2D eigenvalue weighted by Gasteiger charge is -2.16. The Kier molecular flexibility index (Phi) is 6.83. The standard InChI is InChI=1S/C9H16N2O6/c1-17-4-5(10)8(14)11-6(9(15)16)2-3-7(12)13/h5-6H,2-4,10H2,1H3,(H,11,14)(H,12,13)(H,15,16)/t5-,6+/m1/s1. The molecule has 0 aliphatic carbocycles. The number of hydrogen-bond donors (Lipinski definition) is 4. The third kappa shape index (κ3) is 6.48. The fraction of sp³-hybridized carbons (Fsp3) is 0.667. The molecular weight excluding hydrogens is 232 g/mol. The molecule has 1 amide bonds. The predicted molar refractivity (Wildman–Crippen MR) is 56.3 cm³/mol. The van der Waals surface area contributed by atoms with Crippen LogP contribution in [0.2, 0.25) is 0 Å². The van der Waals surface area contributed by atoms with Crippen molar-refractivity contribution in [1.82, 2.24) is 5.32 Å². The van der Waals surface area contributed by atoms with Crippen LogP contribution in [0.4, 0.5) is 0 Å². The number of nitrogens with two attached hydrogens (primary N) is 1. The molecule has 0 spiro atoms.